The maximum absolute atomic E-state index is 13.1. The van der Waals surface area contributed by atoms with E-state index in [0.717, 1.165) is 6.07 Å². The van der Waals surface area contributed by atoms with Crippen LogP contribution in [0.15, 0.2) is 48.7 Å². The van der Waals surface area contributed by atoms with Gasteiger partial charge in [-0.15, -0.1) is 0 Å². The Bertz CT molecular complexity index is 874. The summed E-state index contributed by atoms with van der Waals surface area (Å²) >= 11 is 5.96. The van der Waals surface area contributed by atoms with Gasteiger partial charge < -0.3 is 4.74 Å². The van der Waals surface area contributed by atoms with Crippen LogP contribution in [-0.4, -0.2) is 4.98 Å². The van der Waals surface area contributed by atoms with Gasteiger partial charge in [-0.05, 0) is 30.3 Å². The minimum atomic E-state index is -0.451. The number of nitrogens with zero attached hydrogens (tertiary/aromatic N) is 2. The molecule has 3 aromatic rings. The SMILES string of the molecule is N#Cc1cnc2ccccc2c1Oc1ccc(F)cc1Cl. The minimum Gasteiger partial charge on any atom is -0.454 e. The Labute approximate surface area is 125 Å². The van der Waals surface area contributed by atoms with Gasteiger partial charge in [0.15, 0.2) is 5.75 Å². The van der Waals surface area contributed by atoms with E-state index in [4.69, 9.17) is 16.3 Å². The molecular weight excluding hydrogens is 291 g/mol. The Morgan fingerprint density at radius 3 is 2.76 bits per heavy atom. The number of hydrogen-bond acceptors (Lipinski definition) is 3. The molecule has 0 atom stereocenters. The molecule has 0 saturated heterocycles. The summed E-state index contributed by atoms with van der Waals surface area (Å²) in [6.45, 7) is 0. The van der Waals surface area contributed by atoms with Crippen molar-refractivity contribution in [2.24, 2.45) is 0 Å². The highest BCUT2D eigenvalue weighted by Crippen LogP contribution is 2.35. The molecular formula is C16H8ClFN2O. The molecule has 2 aromatic carbocycles. The number of aromatic nitrogens is 1. The van der Waals surface area contributed by atoms with Crippen LogP contribution in [0.3, 0.4) is 0 Å². The summed E-state index contributed by atoms with van der Waals surface area (Å²) in [5.41, 5.74) is 0.985. The lowest BCUT2D eigenvalue weighted by Gasteiger charge is -2.11. The second kappa shape index (κ2) is 5.39. The first kappa shape index (κ1) is 13.3. The zero-order chi connectivity index (χ0) is 14.8. The second-order valence-electron chi connectivity index (χ2n) is 4.31. The highest BCUT2D eigenvalue weighted by molar-refractivity contribution is 6.32. The molecule has 0 amide bonds. The van der Waals surface area contributed by atoms with Gasteiger partial charge in [-0.1, -0.05) is 23.7 Å². The highest BCUT2D eigenvalue weighted by atomic mass is 35.5. The molecule has 0 radical (unpaired) electrons. The number of benzene rings is 2. The molecule has 1 aromatic heterocycles. The average Bonchev–Trinajstić information content (AvgIpc) is 2.50. The van der Waals surface area contributed by atoms with Gasteiger partial charge in [-0.2, -0.15) is 5.26 Å². The molecule has 3 nitrogen and oxygen atoms in total. The summed E-state index contributed by atoms with van der Waals surface area (Å²) in [7, 11) is 0. The van der Waals surface area contributed by atoms with E-state index < -0.39 is 5.82 Å². The van der Waals surface area contributed by atoms with E-state index >= 15 is 0 Å². The van der Waals surface area contributed by atoms with E-state index in [1.54, 1.807) is 6.07 Å². The third-order valence-corrected chi connectivity index (χ3v) is 3.25. The first-order valence-corrected chi connectivity index (χ1v) is 6.47. The van der Waals surface area contributed by atoms with Crippen LogP contribution < -0.4 is 4.74 Å². The zero-order valence-corrected chi connectivity index (χ0v) is 11.4. The smallest absolute Gasteiger partial charge is 0.156 e. The third-order valence-electron chi connectivity index (χ3n) is 2.95. The van der Waals surface area contributed by atoms with Crippen molar-refractivity contribution in [3.8, 4) is 17.6 Å². The summed E-state index contributed by atoms with van der Waals surface area (Å²) < 4.78 is 18.8. The topological polar surface area (TPSA) is 45.9 Å². The molecule has 21 heavy (non-hydrogen) atoms. The third kappa shape index (κ3) is 2.51. The molecule has 102 valence electrons. The predicted octanol–water partition coefficient (Wildman–Crippen LogP) is 4.69. The molecule has 0 N–H and O–H groups in total. The Kier molecular flexibility index (Phi) is 3.43. The fourth-order valence-corrected chi connectivity index (χ4v) is 2.18. The number of pyridine rings is 1. The number of nitriles is 1. The molecule has 0 saturated carbocycles. The van der Waals surface area contributed by atoms with Gasteiger partial charge in [-0.3, -0.25) is 4.98 Å². The van der Waals surface area contributed by atoms with Gasteiger partial charge in [0.05, 0.1) is 10.5 Å². The van der Waals surface area contributed by atoms with Crippen molar-refractivity contribution in [3.63, 3.8) is 0 Å². The van der Waals surface area contributed by atoms with Crippen LogP contribution in [0.5, 0.6) is 11.5 Å². The molecule has 0 unspecified atom stereocenters. The van der Waals surface area contributed by atoms with Gasteiger partial charge in [-0.25, -0.2) is 4.39 Å². The maximum atomic E-state index is 13.1. The van der Waals surface area contributed by atoms with Crippen LogP contribution in [0.25, 0.3) is 10.9 Å². The number of hydrogen-bond donors (Lipinski definition) is 0. The lowest BCUT2D eigenvalue weighted by Crippen LogP contribution is -1.93. The second-order valence-corrected chi connectivity index (χ2v) is 4.71. The van der Waals surface area contributed by atoms with Crippen molar-refractivity contribution >= 4 is 22.5 Å². The highest BCUT2D eigenvalue weighted by Gasteiger charge is 2.13. The molecule has 3 rings (SSSR count). The van der Waals surface area contributed by atoms with Crippen LogP contribution in [-0.2, 0) is 0 Å². The van der Waals surface area contributed by atoms with E-state index in [1.165, 1.54) is 18.3 Å². The van der Waals surface area contributed by atoms with Gasteiger partial charge in [0.2, 0.25) is 0 Å². The lowest BCUT2D eigenvalue weighted by molar-refractivity contribution is 0.484. The first-order chi connectivity index (χ1) is 10.2. The zero-order valence-electron chi connectivity index (χ0n) is 10.7. The van der Waals surface area contributed by atoms with Gasteiger partial charge >= 0.3 is 0 Å². The lowest BCUT2D eigenvalue weighted by atomic mass is 10.1. The predicted molar refractivity (Wildman–Crippen MR) is 77.9 cm³/mol. The summed E-state index contributed by atoms with van der Waals surface area (Å²) in [6.07, 6.45) is 1.44. The van der Waals surface area contributed by atoms with E-state index in [-0.39, 0.29) is 16.3 Å². The fraction of sp³-hybridized carbons (Fsp3) is 0. The van der Waals surface area contributed by atoms with Gasteiger partial charge in [0.25, 0.3) is 0 Å². The molecule has 0 spiro atoms. The summed E-state index contributed by atoms with van der Waals surface area (Å²) in [4.78, 5) is 4.20. The van der Waals surface area contributed by atoms with Crippen molar-refractivity contribution in [2.45, 2.75) is 0 Å². The van der Waals surface area contributed by atoms with Crippen molar-refractivity contribution in [2.75, 3.05) is 0 Å². The van der Waals surface area contributed by atoms with Crippen LogP contribution in [0.4, 0.5) is 4.39 Å². The molecule has 1 heterocycles. The summed E-state index contributed by atoms with van der Waals surface area (Å²) in [5.74, 6) is 0.190. The first-order valence-electron chi connectivity index (χ1n) is 6.10. The van der Waals surface area contributed by atoms with Crippen molar-refractivity contribution in [1.29, 1.82) is 5.26 Å². The van der Waals surface area contributed by atoms with Crippen molar-refractivity contribution in [1.82, 2.24) is 4.98 Å². The van der Waals surface area contributed by atoms with Crippen LogP contribution >= 0.6 is 11.6 Å². The number of rotatable bonds is 2. The summed E-state index contributed by atoms with van der Waals surface area (Å²) in [5, 5.41) is 10.0. The fourth-order valence-electron chi connectivity index (χ4n) is 1.97. The number of para-hydroxylation sites is 1. The largest absolute Gasteiger partial charge is 0.454 e. The maximum Gasteiger partial charge on any atom is 0.156 e. The van der Waals surface area contributed by atoms with Crippen LogP contribution in [0.1, 0.15) is 5.56 Å². The minimum absolute atomic E-state index is 0.139. The molecule has 0 aliphatic rings. The van der Waals surface area contributed by atoms with Gasteiger partial charge in [0, 0.05) is 11.6 Å². The Hall–Kier alpha value is -2.64. The molecule has 0 aliphatic heterocycles. The Morgan fingerprint density at radius 2 is 2.00 bits per heavy atom. The number of halogens is 2. The van der Waals surface area contributed by atoms with E-state index in [0.29, 0.717) is 16.7 Å². The van der Waals surface area contributed by atoms with Crippen molar-refractivity contribution < 1.29 is 9.13 Å². The standard InChI is InChI=1S/C16H8ClFN2O/c17-13-7-11(18)5-6-15(13)21-16-10(8-19)9-20-14-4-2-1-3-12(14)16/h1-7,9H. The van der Waals surface area contributed by atoms with Crippen molar-refractivity contribution in [3.05, 3.63) is 65.1 Å². The Balaban J connectivity index is 2.17. The average molecular weight is 299 g/mol. The summed E-state index contributed by atoms with van der Waals surface area (Å²) in [6, 6.07) is 13.1. The quantitative estimate of drug-likeness (QED) is 0.689. The Morgan fingerprint density at radius 1 is 1.19 bits per heavy atom. The molecule has 0 bridgehead atoms. The molecule has 0 fully saturated rings. The van der Waals surface area contributed by atoms with Crippen LogP contribution in [0, 0.1) is 17.1 Å². The van der Waals surface area contributed by atoms with Gasteiger partial charge in [0.1, 0.15) is 23.2 Å². The van der Waals surface area contributed by atoms with E-state index in [2.05, 4.69) is 4.98 Å². The monoisotopic (exact) mass is 298 g/mol. The number of fused-ring (bicyclic) bond motifs is 1. The van der Waals surface area contributed by atoms with Crippen LogP contribution in [0.2, 0.25) is 5.02 Å². The molecule has 5 heteroatoms. The normalized spacial score (nSPS) is 10.3. The molecule has 0 aliphatic carbocycles. The van der Waals surface area contributed by atoms with E-state index in [1.807, 2.05) is 24.3 Å². The van der Waals surface area contributed by atoms with E-state index in [9.17, 15) is 9.65 Å². The number of ether oxygens (including phenoxy) is 1.